The van der Waals surface area contributed by atoms with Crippen molar-refractivity contribution in [2.45, 2.75) is 57.4 Å². The number of nitrogens with one attached hydrogen (secondary N) is 1. The van der Waals surface area contributed by atoms with Gasteiger partial charge in [0.2, 0.25) is 5.91 Å². The van der Waals surface area contributed by atoms with Crippen LogP contribution in [-0.4, -0.2) is 26.9 Å². The van der Waals surface area contributed by atoms with E-state index in [4.69, 9.17) is 0 Å². The summed E-state index contributed by atoms with van der Waals surface area (Å²) in [5.74, 6) is 1.02. The quantitative estimate of drug-likeness (QED) is 0.756. The lowest BCUT2D eigenvalue weighted by molar-refractivity contribution is -0.120. The number of amides is 1. The van der Waals surface area contributed by atoms with E-state index in [0.29, 0.717) is 17.5 Å². The Kier molecular flexibility index (Phi) is 5.62. The van der Waals surface area contributed by atoms with Gasteiger partial charge in [-0.15, -0.1) is 0 Å². The van der Waals surface area contributed by atoms with Gasteiger partial charge in [0, 0.05) is 6.04 Å². The average molecular weight is 427 g/mol. The van der Waals surface area contributed by atoms with Crippen LogP contribution in [-0.2, 0) is 14.8 Å². The number of sulfonamides is 1. The summed E-state index contributed by atoms with van der Waals surface area (Å²) in [4.78, 5) is 13.1. The maximum atomic E-state index is 13.5. The van der Waals surface area contributed by atoms with Crippen LogP contribution in [0.3, 0.4) is 0 Å². The van der Waals surface area contributed by atoms with Crippen molar-refractivity contribution >= 4 is 21.6 Å². The van der Waals surface area contributed by atoms with E-state index >= 15 is 0 Å². The van der Waals surface area contributed by atoms with Gasteiger partial charge in [0.25, 0.3) is 10.0 Å². The Hall–Kier alpha value is -2.34. The first-order chi connectivity index (χ1) is 14.2. The van der Waals surface area contributed by atoms with Crippen molar-refractivity contribution in [3.05, 3.63) is 59.2 Å². The molecule has 2 fully saturated rings. The van der Waals surface area contributed by atoms with Crippen molar-refractivity contribution in [3.8, 4) is 0 Å². The molecule has 1 N–H and O–H groups in total. The molecule has 0 radical (unpaired) electrons. The Balaban J connectivity index is 1.63. The number of hydrogen-bond donors (Lipinski definition) is 1. The maximum Gasteiger partial charge on any atom is 0.264 e. The number of nitrogens with zero attached hydrogens (tertiary/aromatic N) is 1. The highest BCUT2D eigenvalue weighted by molar-refractivity contribution is 7.92. The third-order valence-electron chi connectivity index (χ3n) is 6.48. The van der Waals surface area contributed by atoms with Gasteiger partial charge in [-0.2, -0.15) is 0 Å². The first-order valence-electron chi connectivity index (χ1n) is 10.7. The third kappa shape index (κ3) is 4.24. The zero-order valence-electron chi connectivity index (χ0n) is 17.9. The van der Waals surface area contributed by atoms with Crippen molar-refractivity contribution in [2.75, 3.05) is 10.8 Å². The average Bonchev–Trinajstić information content (AvgIpc) is 3.28. The summed E-state index contributed by atoms with van der Waals surface area (Å²) in [6.45, 7) is 5.57. The topological polar surface area (TPSA) is 66.5 Å². The summed E-state index contributed by atoms with van der Waals surface area (Å²) in [7, 11) is -3.87. The molecule has 30 heavy (non-hydrogen) atoms. The Morgan fingerprint density at radius 2 is 1.63 bits per heavy atom. The SMILES string of the molecule is Cc1ccc(S(=O)(=O)N(CC(=O)N[C@@H]2C[C@@H]3CC[C@@H]2C3)c2cc(C)cc(C)c2)cc1. The van der Waals surface area contributed by atoms with E-state index in [-0.39, 0.29) is 23.4 Å². The molecular weight excluding hydrogens is 396 g/mol. The van der Waals surface area contributed by atoms with Crippen LogP contribution in [0.25, 0.3) is 0 Å². The highest BCUT2D eigenvalue weighted by Gasteiger charge is 2.40. The molecule has 160 valence electrons. The number of carbonyl (C=O) groups excluding carboxylic acids is 1. The number of hydrogen-bond acceptors (Lipinski definition) is 3. The molecule has 5 nitrogen and oxygen atoms in total. The molecule has 0 heterocycles. The minimum atomic E-state index is -3.87. The van der Waals surface area contributed by atoms with Gasteiger partial charge in [-0.25, -0.2) is 8.42 Å². The number of benzene rings is 2. The van der Waals surface area contributed by atoms with Gasteiger partial charge in [-0.05, 0) is 87.3 Å². The minimum Gasteiger partial charge on any atom is -0.352 e. The van der Waals surface area contributed by atoms with E-state index in [1.807, 2.05) is 39.0 Å². The number of anilines is 1. The van der Waals surface area contributed by atoms with Gasteiger partial charge in [0.05, 0.1) is 10.6 Å². The summed E-state index contributed by atoms with van der Waals surface area (Å²) in [5, 5.41) is 3.13. The molecule has 2 saturated carbocycles. The molecule has 0 spiro atoms. The summed E-state index contributed by atoms with van der Waals surface area (Å²) in [6, 6.07) is 12.6. The Labute approximate surface area is 179 Å². The predicted octanol–water partition coefficient (Wildman–Crippen LogP) is 4.11. The highest BCUT2D eigenvalue weighted by Crippen LogP contribution is 2.44. The normalized spacial score (nSPS) is 22.8. The van der Waals surface area contributed by atoms with Crippen LogP contribution >= 0.6 is 0 Å². The number of aryl methyl sites for hydroxylation is 3. The summed E-state index contributed by atoms with van der Waals surface area (Å²) in [5.41, 5.74) is 3.43. The third-order valence-corrected chi connectivity index (χ3v) is 8.26. The molecule has 1 amide bonds. The van der Waals surface area contributed by atoms with Crippen molar-refractivity contribution < 1.29 is 13.2 Å². The Bertz CT molecular complexity index is 1030. The molecule has 2 aliphatic rings. The fourth-order valence-corrected chi connectivity index (χ4v) is 6.46. The smallest absolute Gasteiger partial charge is 0.264 e. The summed E-state index contributed by atoms with van der Waals surface area (Å²) >= 11 is 0. The second-order valence-corrected chi connectivity index (χ2v) is 10.9. The van der Waals surface area contributed by atoms with Gasteiger partial charge in [0.15, 0.2) is 0 Å². The molecule has 6 heteroatoms. The molecule has 0 saturated heterocycles. The summed E-state index contributed by atoms with van der Waals surface area (Å²) in [6.07, 6.45) is 4.63. The predicted molar refractivity (Wildman–Crippen MR) is 119 cm³/mol. The number of rotatable bonds is 6. The van der Waals surface area contributed by atoms with Gasteiger partial charge in [-0.1, -0.05) is 30.2 Å². The van der Waals surface area contributed by atoms with Crippen molar-refractivity contribution in [1.29, 1.82) is 0 Å². The Morgan fingerprint density at radius 1 is 0.967 bits per heavy atom. The van der Waals surface area contributed by atoms with Crippen LogP contribution in [0.1, 0.15) is 42.4 Å². The van der Waals surface area contributed by atoms with E-state index in [0.717, 1.165) is 29.5 Å². The molecule has 0 unspecified atom stereocenters. The first-order valence-corrected chi connectivity index (χ1v) is 12.1. The second kappa shape index (κ2) is 8.06. The van der Waals surface area contributed by atoms with Crippen LogP contribution in [0.2, 0.25) is 0 Å². The van der Waals surface area contributed by atoms with Crippen molar-refractivity contribution in [1.82, 2.24) is 5.32 Å². The zero-order valence-corrected chi connectivity index (χ0v) is 18.7. The lowest BCUT2D eigenvalue weighted by Gasteiger charge is -2.27. The van der Waals surface area contributed by atoms with E-state index in [9.17, 15) is 13.2 Å². The lowest BCUT2D eigenvalue weighted by Crippen LogP contribution is -2.46. The molecular formula is C24H30N2O3S. The second-order valence-electron chi connectivity index (χ2n) is 9.02. The van der Waals surface area contributed by atoms with Gasteiger partial charge in [-0.3, -0.25) is 9.10 Å². The first kappa shape index (κ1) is 20.9. The van der Waals surface area contributed by atoms with Gasteiger partial charge in [0.1, 0.15) is 6.54 Å². The van der Waals surface area contributed by atoms with Gasteiger partial charge >= 0.3 is 0 Å². The van der Waals surface area contributed by atoms with Crippen LogP contribution < -0.4 is 9.62 Å². The lowest BCUT2D eigenvalue weighted by atomic mass is 9.95. The molecule has 2 aromatic carbocycles. The Morgan fingerprint density at radius 3 is 2.20 bits per heavy atom. The zero-order chi connectivity index (χ0) is 21.5. The number of carbonyl (C=O) groups is 1. The minimum absolute atomic E-state index is 0.180. The monoisotopic (exact) mass is 426 g/mol. The fourth-order valence-electron chi connectivity index (χ4n) is 5.05. The molecule has 2 aliphatic carbocycles. The largest absolute Gasteiger partial charge is 0.352 e. The van der Waals surface area contributed by atoms with Crippen molar-refractivity contribution in [3.63, 3.8) is 0 Å². The van der Waals surface area contributed by atoms with Gasteiger partial charge < -0.3 is 5.32 Å². The number of fused-ring (bicyclic) bond motifs is 2. The van der Waals surface area contributed by atoms with E-state index in [1.165, 1.54) is 17.1 Å². The fraction of sp³-hybridized carbons (Fsp3) is 0.458. The van der Waals surface area contributed by atoms with E-state index < -0.39 is 10.0 Å². The summed E-state index contributed by atoms with van der Waals surface area (Å²) < 4.78 is 28.3. The molecule has 3 atom stereocenters. The maximum absolute atomic E-state index is 13.5. The molecule has 0 aromatic heterocycles. The van der Waals surface area contributed by atoms with Crippen molar-refractivity contribution in [2.24, 2.45) is 11.8 Å². The van der Waals surface area contributed by atoms with Crippen LogP contribution in [0.15, 0.2) is 47.4 Å². The molecule has 2 aromatic rings. The van der Waals surface area contributed by atoms with E-state index in [2.05, 4.69) is 5.32 Å². The van der Waals surface area contributed by atoms with Crippen LogP contribution in [0.5, 0.6) is 0 Å². The molecule has 2 bridgehead atoms. The standard InChI is InChI=1S/C24H30N2O3S/c1-16-4-8-22(9-5-16)30(28,29)26(21-11-17(2)10-18(3)12-21)15-24(27)25-23-14-19-6-7-20(23)13-19/h4-5,8-12,19-20,23H,6-7,13-15H2,1-3H3,(H,25,27)/t19-,20-,23-/m1/s1. The molecule has 0 aliphatic heterocycles. The van der Waals surface area contributed by atoms with E-state index in [1.54, 1.807) is 24.3 Å². The van der Waals surface area contributed by atoms with Crippen LogP contribution in [0, 0.1) is 32.6 Å². The highest BCUT2D eigenvalue weighted by atomic mass is 32.2. The molecule has 4 rings (SSSR count). The van der Waals surface area contributed by atoms with Crippen LogP contribution in [0.4, 0.5) is 5.69 Å².